The van der Waals surface area contributed by atoms with Gasteiger partial charge in [0.15, 0.2) is 5.69 Å². The summed E-state index contributed by atoms with van der Waals surface area (Å²) in [6.45, 7) is 0. The lowest BCUT2D eigenvalue weighted by Gasteiger charge is -2.30. The number of carbonyl (C=O) groups excluding carboxylic acids is 2. The van der Waals surface area contributed by atoms with Crippen molar-refractivity contribution in [2.75, 3.05) is 7.11 Å². The van der Waals surface area contributed by atoms with Gasteiger partial charge in [-0.3, -0.25) is 0 Å². The second-order valence-corrected chi connectivity index (χ2v) is 7.30. The largest absolute Gasteiger partial charge is 0.464 e. The van der Waals surface area contributed by atoms with Crippen LogP contribution in [0.15, 0.2) is 54.7 Å². The Bertz CT molecular complexity index is 1080. The third-order valence-electron chi connectivity index (χ3n) is 5.40. The maximum Gasteiger partial charge on any atom is 0.360 e. The van der Waals surface area contributed by atoms with Gasteiger partial charge in [-0.15, -0.1) is 5.10 Å². The molecule has 1 heterocycles. The number of ether oxygens (including phenoxy) is 2. The molecule has 7 nitrogen and oxygen atoms in total. The Morgan fingerprint density at radius 1 is 1.10 bits per heavy atom. The molecule has 3 aromatic rings. The second-order valence-electron chi connectivity index (χ2n) is 7.30. The van der Waals surface area contributed by atoms with Gasteiger partial charge in [0.1, 0.15) is 6.10 Å². The first kappa shape index (κ1) is 19.8. The number of fused-ring (bicyclic) bond motifs is 1. The van der Waals surface area contributed by atoms with Gasteiger partial charge in [0, 0.05) is 6.08 Å². The van der Waals surface area contributed by atoms with E-state index >= 15 is 0 Å². The second kappa shape index (κ2) is 8.90. The standard InChI is InChI=1S/C23H23N3O4/c1-29-23(28)19-15-26(25-24-19)20-11-4-5-12-21(20)30-22(27)14-13-17-9-6-8-16-7-2-3-10-18(16)17/h2-3,6-10,13-15,20-21H,4-5,11-12H2,1H3/b14-13+. The predicted molar refractivity (Wildman–Crippen MR) is 112 cm³/mol. The van der Waals surface area contributed by atoms with Gasteiger partial charge in [-0.2, -0.15) is 0 Å². The van der Waals surface area contributed by atoms with E-state index in [0.29, 0.717) is 0 Å². The average Bonchev–Trinajstić information content (AvgIpc) is 3.27. The van der Waals surface area contributed by atoms with Crippen LogP contribution in [0.3, 0.4) is 0 Å². The zero-order chi connectivity index (χ0) is 20.9. The summed E-state index contributed by atoms with van der Waals surface area (Å²) in [7, 11) is 1.30. The van der Waals surface area contributed by atoms with Gasteiger partial charge in [-0.05, 0) is 41.7 Å². The van der Waals surface area contributed by atoms with Crippen LogP contribution in [-0.2, 0) is 14.3 Å². The quantitative estimate of drug-likeness (QED) is 0.472. The van der Waals surface area contributed by atoms with E-state index in [2.05, 4.69) is 15.0 Å². The number of benzene rings is 2. The lowest BCUT2D eigenvalue weighted by Crippen LogP contribution is -2.32. The highest BCUT2D eigenvalue weighted by atomic mass is 16.5. The van der Waals surface area contributed by atoms with E-state index in [9.17, 15) is 9.59 Å². The molecule has 1 fully saturated rings. The average molecular weight is 405 g/mol. The minimum absolute atomic E-state index is 0.143. The molecular formula is C23H23N3O4. The number of hydrogen-bond acceptors (Lipinski definition) is 6. The Labute approximate surface area is 174 Å². The molecule has 0 amide bonds. The lowest BCUT2D eigenvalue weighted by molar-refractivity contribution is -0.147. The van der Waals surface area contributed by atoms with E-state index in [1.165, 1.54) is 13.2 Å². The number of methoxy groups -OCH3 is 1. The third kappa shape index (κ3) is 4.25. The number of rotatable bonds is 5. The van der Waals surface area contributed by atoms with Gasteiger partial charge >= 0.3 is 11.9 Å². The zero-order valence-electron chi connectivity index (χ0n) is 16.7. The number of aromatic nitrogens is 3. The smallest absolute Gasteiger partial charge is 0.360 e. The van der Waals surface area contributed by atoms with Gasteiger partial charge in [0.05, 0.1) is 19.3 Å². The van der Waals surface area contributed by atoms with Crippen molar-refractivity contribution in [2.24, 2.45) is 0 Å². The van der Waals surface area contributed by atoms with Gasteiger partial charge in [-0.25, -0.2) is 14.3 Å². The molecule has 2 atom stereocenters. The molecule has 1 saturated carbocycles. The van der Waals surface area contributed by atoms with Crippen molar-refractivity contribution < 1.29 is 19.1 Å². The van der Waals surface area contributed by atoms with Gasteiger partial charge in [-0.1, -0.05) is 54.1 Å². The van der Waals surface area contributed by atoms with E-state index in [1.807, 2.05) is 42.5 Å². The van der Waals surface area contributed by atoms with Crippen LogP contribution < -0.4 is 0 Å². The summed E-state index contributed by atoms with van der Waals surface area (Å²) in [6.07, 6.45) is 7.99. The topological polar surface area (TPSA) is 83.3 Å². The normalized spacial score (nSPS) is 19.1. The molecule has 7 heteroatoms. The molecule has 30 heavy (non-hydrogen) atoms. The molecule has 2 unspecified atom stereocenters. The maximum absolute atomic E-state index is 12.5. The van der Waals surface area contributed by atoms with Crippen LogP contribution in [0.4, 0.5) is 0 Å². The predicted octanol–water partition coefficient (Wildman–Crippen LogP) is 3.96. The number of hydrogen-bond donors (Lipinski definition) is 0. The fourth-order valence-electron chi connectivity index (χ4n) is 3.90. The van der Waals surface area contributed by atoms with Crippen LogP contribution in [0.5, 0.6) is 0 Å². The van der Waals surface area contributed by atoms with Crippen molar-refractivity contribution in [1.82, 2.24) is 15.0 Å². The van der Waals surface area contributed by atoms with Crippen molar-refractivity contribution in [1.29, 1.82) is 0 Å². The summed E-state index contributed by atoms with van der Waals surface area (Å²) in [5.74, 6) is -0.934. The van der Waals surface area contributed by atoms with Crippen molar-refractivity contribution in [3.05, 3.63) is 66.0 Å². The first-order valence-corrected chi connectivity index (χ1v) is 10.0. The highest BCUT2D eigenvalue weighted by molar-refractivity contribution is 5.94. The van der Waals surface area contributed by atoms with Crippen LogP contribution in [0.2, 0.25) is 0 Å². The van der Waals surface area contributed by atoms with Gasteiger partial charge in [0.25, 0.3) is 0 Å². The Morgan fingerprint density at radius 2 is 1.90 bits per heavy atom. The molecule has 0 spiro atoms. The first-order chi connectivity index (χ1) is 14.7. The van der Waals surface area contributed by atoms with E-state index in [-0.39, 0.29) is 17.8 Å². The van der Waals surface area contributed by atoms with Crippen LogP contribution in [0.25, 0.3) is 16.8 Å². The zero-order valence-corrected chi connectivity index (χ0v) is 16.7. The molecule has 0 saturated heterocycles. The molecular weight excluding hydrogens is 382 g/mol. The Hall–Kier alpha value is -3.48. The van der Waals surface area contributed by atoms with E-state index < -0.39 is 11.9 Å². The molecule has 2 aromatic carbocycles. The lowest BCUT2D eigenvalue weighted by atomic mass is 9.92. The Morgan fingerprint density at radius 3 is 2.77 bits per heavy atom. The molecule has 4 rings (SSSR count). The fraction of sp³-hybridized carbons (Fsp3) is 0.304. The molecule has 154 valence electrons. The summed E-state index contributed by atoms with van der Waals surface area (Å²) in [6, 6.07) is 13.9. The molecule has 0 N–H and O–H groups in total. The van der Waals surface area contributed by atoms with Gasteiger partial charge < -0.3 is 9.47 Å². The maximum atomic E-state index is 12.5. The first-order valence-electron chi connectivity index (χ1n) is 10.0. The molecule has 0 aliphatic heterocycles. The summed E-state index contributed by atoms with van der Waals surface area (Å²) in [4.78, 5) is 24.2. The minimum Gasteiger partial charge on any atom is -0.464 e. The van der Waals surface area contributed by atoms with Crippen LogP contribution >= 0.6 is 0 Å². The summed E-state index contributed by atoms with van der Waals surface area (Å²) >= 11 is 0. The molecule has 1 aromatic heterocycles. The van der Waals surface area contributed by atoms with Crippen molar-refractivity contribution in [2.45, 2.75) is 37.8 Å². The molecule has 0 radical (unpaired) electrons. The van der Waals surface area contributed by atoms with Crippen molar-refractivity contribution in [3.63, 3.8) is 0 Å². The number of carbonyl (C=O) groups is 2. The van der Waals surface area contributed by atoms with Crippen LogP contribution in [-0.4, -0.2) is 40.1 Å². The monoisotopic (exact) mass is 405 g/mol. The fourth-order valence-corrected chi connectivity index (χ4v) is 3.90. The Balaban J connectivity index is 1.47. The van der Waals surface area contributed by atoms with Gasteiger partial charge in [0.2, 0.25) is 0 Å². The third-order valence-corrected chi connectivity index (χ3v) is 5.40. The van der Waals surface area contributed by atoms with Crippen LogP contribution in [0.1, 0.15) is 47.8 Å². The summed E-state index contributed by atoms with van der Waals surface area (Å²) in [5, 5.41) is 10.1. The highest BCUT2D eigenvalue weighted by Gasteiger charge is 2.31. The van der Waals surface area contributed by atoms with Crippen molar-refractivity contribution >= 4 is 28.8 Å². The molecule has 1 aliphatic carbocycles. The number of nitrogens with zero attached hydrogens (tertiary/aromatic N) is 3. The van der Waals surface area contributed by atoms with Crippen LogP contribution in [0, 0.1) is 0 Å². The minimum atomic E-state index is -0.538. The molecule has 1 aliphatic rings. The SMILES string of the molecule is COC(=O)c1cn(C2CCCCC2OC(=O)/C=C/c2cccc3ccccc23)nn1. The highest BCUT2D eigenvalue weighted by Crippen LogP contribution is 2.31. The number of esters is 2. The summed E-state index contributed by atoms with van der Waals surface area (Å²) in [5.41, 5.74) is 1.10. The Kier molecular flexibility index (Phi) is 5.88. The van der Waals surface area contributed by atoms with E-state index in [0.717, 1.165) is 42.0 Å². The molecule has 0 bridgehead atoms. The van der Waals surface area contributed by atoms with E-state index in [4.69, 9.17) is 4.74 Å². The van der Waals surface area contributed by atoms with E-state index in [1.54, 1.807) is 17.0 Å². The summed E-state index contributed by atoms with van der Waals surface area (Å²) < 4.78 is 12.1. The van der Waals surface area contributed by atoms with Crippen molar-refractivity contribution in [3.8, 4) is 0 Å².